The maximum absolute atomic E-state index is 5.74. The molecule has 1 aliphatic carbocycles. The van der Waals surface area contributed by atoms with Crippen LogP contribution in [0.25, 0.3) is 11.0 Å². The van der Waals surface area contributed by atoms with Gasteiger partial charge in [-0.25, -0.2) is 4.98 Å². The predicted octanol–water partition coefficient (Wildman–Crippen LogP) is 3.12. The second-order valence-electron chi connectivity index (χ2n) is 4.70. The summed E-state index contributed by atoms with van der Waals surface area (Å²) in [6.07, 6.45) is 10.6. The fraction of sp³-hybridized carbons (Fsp3) is 0.462. The molecule has 16 heavy (non-hydrogen) atoms. The van der Waals surface area contributed by atoms with Crippen molar-refractivity contribution in [2.24, 2.45) is 0 Å². The largest absolute Gasteiger partial charge is 0.397 e. The summed E-state index contributed by atoms with van der Waals surface area (Å²) in [5, 5.41) is 1.16. The van der Waals surface area contributed by atoms with Gasteiger partial charge in [0.25, 0.3) is 0 Å². The lowest BCUT2D eigenvalue weighted by Gasteiger charge is -2.23. The first kappa shape index (κ1) is 9.70. The van der Waals surface area contributed by atoms with Crippen LogP contribution in [0.15, 0.2) is 24.5 Å². The average Bonchev–Trinajstić information content (AvgIpc) is 2.73. The van der Waals surface area contributed by atoms with E-state index in [0.29, 0.717) is 6.04 Å². The lowest BCUT2D eigenvalue weighted by Crippen LogP contribution is -2.12. The van der Waals surface area contributed by atoms with Crippen LogP contribution in [-0.4, -0.2) is 9.55 Å². The Kier molecular flexibility index (Phi) is 2.31. The molecule has 0 saturated heterocycles. The maximum Gasteiger partial charge on any atom is 0.140 e. The van der Waals surface area contributed by atoms with Gasteiger partial charge in [-0.2, -0.15) is 0 Å². The summed E-state index contributed by atoms with van der Waals surface area (Å²) in [4.78, 5) is 4.45. The second-order valence-corrected chi connectivity index (χ2v) is 4.70. The summed E-state index contributed by atoms with van der Waals surface area (Å²) in [6, 6.07) is 4.76. The molecule has 2 heterocycles. The van der Waals surface area contributed by atoms with Gasteiger partial charge in [0.15, 0.2) is 0 Å². The minimum Gasteiger partial charge on any atom is -0.397 e. The lowest BCUT2D eigenvalue weighted by atomic mass is 9.95. The van der Waals surface area contributed by atoms with E-state index < -0.39 is 0 Å². The summed E-state index contributed by atoms with van der Waals surface area (Å²) < 4.78 is 2.33. The normalized spacial score (nSPS) is 18.0. The molecule has 0 amide bonds. The number of nitrogens with two attached hydrogens (primary N) is 1. The molecule has 84 valence electrons. The van der Waals surface area contributed by atoms with Gasteiger partial charge < -0.3 is 10.3 Å². The van der Waals surface area contributed by atoms with Gasteiger partial charge in [-0.05, 0) is 25.0 Å². The van der Waals surface area contributed by atoms with Crippen LogP contribution in [0.3, 0.4) is 0 Å². The van der Waals surface area contributed by atoms with E-state index in [1.165, 1.54) is 32.1 Å². The highest BCUT2D eigenvalue weighted by molar-refractivity contribution is 5.79. The van der Waals surface area contributed by atoms with Crippen LogP contribution < -0.4 is 5.73 Å². The number of rotatable bonds is 1. The molecule has 2 N–H and O–H groups in total. The Bertz CT molecular complexity index is 495. The van der Waals surface area contributed by atoms with Gasteiger partial charge in [-0.1, -0.05) is 19.3 Å². The zero-order valence-electron chi connectivity index (χ0n) is 9.39. The molecule has 2 aromatic rings. The van der Waals surface area contributed by atoms with Crippen molar-refractivity contribution in [2.45, 2.75) is 38.1 Å². The standard InChI is InChI=1S/C13H17N3/c14-11-8-10-6-7-16(13(10)15-9-11)12-4-2-1-3-5-12/h6-9,12H,1-5,14H2. The average molecular weight is 215 g/mol. The Labute approximate surface area is 95.3 Å². The van der Waals surface area contributed by atoms with Gasteiger partial charge >= 0.3 is 0 Å². The van der Waals surface area contributed by atoms with Crippen molar-refractivity contribution in [1.29, 1.82) is 0 Å². The van der Waals surface area contributed by atoms with Crippen molar-refractivity contribution in [3.63, 3.8) is 0 Å². The topological polar surface area (TPSA) is 43.8 Å². The molecule has 0 bridgehead atoms. The summed E-state index contributed by atoms with van der Waals surface area (Å²) in [6.45, 7) is 0. The zero-order valence-corrected chi connectivity index (χ0v) is 9.39. The molecular weight excluding hydrogens is 198 g/mol. The van der Waals surface area contributed by atoms with Crippen molar-refractivity contribution in [1.82, 2.24) is 9.55 Å². The van der Waals surface area contributed by atoms with E-state index >= 15 is 0 Å². The van der Waals surface area contributed by atoms with Crippen molar-refractivity contribution < 1.29 is 0 Å². The van der Waals surface area contributed by atoms with Crippen molar-refractivity contribution in [3.05, 3.63) is 24.5 Å². The Balaban J connectivity index is 2.03. The molecular formula is C13H17N3. The zero-order chi connectivity index (χ0) is 11.0. The first-order valence-corrected chi connectivity index (χ1v) is 6.07. The molecule has 3 heteroatoms. The van der Waals surface area contributed by atoms with Gasteiger partial charge in [0, 0.05) is 17.6 Å². The number of nitrogen functional groups attached to an aromatic ring is 1. The number of pyridine rings is 1. The van der Waals surface area contributed by atoms with Crippen LogP contribution in [0.5, 0.6) is 0 Å². The monoisotopic (exact) mass is 215 g/mol. The highest BCUT2D eigenvalue weighted by Gasteiger charge is 2.16. The Morgan fingerprint density at radius 1 is 1.25 bits per heavy atom. The number of hydrogen-bond acceptors (Lipinski definition) is 2. The van der Waals surface area contributed by atoms with Crippen molar-refractivity contribution >= 4 is 16.7 Å². The van der Waals surface area contributed by atoms with Crippen molar-refractivity contribution in [2.75, 3.05) is 5.73 Å². The van der Waals surface area contributed by atoms with E-state index in [1.54, 1.807) is 6.20 Å². The number of fused-ring (bicyclic) bond motifs is 1. The van der Waals surface area contributed by atoms with E-state index in [1.807, 2.05) is 6.07 Å². The van der Waals surface area contributed by atoms with Crippen LogP contribution in [0, 0.1) is 0 Å². The van der Waals surface area contributed by atoms with Gasteiger partial charge in [-0.15, -0.1) is 0 Å². The maximum atomic E-state index is 5.74. The van der Waals surface area contributed by atoms with Crippen LogP contribution in [-0.2, 0) is 0 Å². The smallest absolute Gasteiger partial charge is 0.140 e. The summed E-state index contributed by atoms with van der Waals surface area (Å²) in [5.74, 6) is 0. The highest BCUT2D eigenvalue weighted by atomic mass is 15.1. The van der Waals surface area contributed by atoms with Gasteiger partial charge in [0.05, 0.1) is 11.9 Å². The third kappa shape index (κ3) is 1.56. The molecule has 3 nitrogen and oxygen atoms in total. The Morgan fingerprint density at radius 3 is 2.88 bits per heavy atom. The molecule has 0 radical (unpaired) electrons. The molecule has 3 rings (SSSR count). The number of nitrogens with zero attached hydrogens (tertiary/aromatic N) is 2. The molecule has 1 saturated carbocycles. The second kappa shape index (κ2) is 3.81. The fourth-order valence-corrected chi connectivity index (χ4v) is 2.72. The first-order valence-electron chi connectivity index (χ1n) is 6.07. The first-order chi connectivity index (χ1) is 7.84. The van der Waals surface area contributed by atoms with Crippen molar-refractivity contribution in [3.8, 4) is 0 Å². The lowest BCUT2D eigenvalue weighted by molar-refractivity contribution is 0.359. The van der Waals surface area contributed by atoms with Gasteiger partial charge in [0.1, 0.15) is 5.65 Å². The van der Waals surface area contributed by atoms with Crippen LogP contribution in [0.2, 0.25) is 0 Å². The summed E-state index contributed by atoms with van der Waals surface area (Å²) in [7, 11) is 0. The van der Waals surface area contributed by atoms with Crippen LogP contribution >= 0.6 is 0 Å². The van der Waals surface area contributed by atoms with E-state index in [2.05, 4.69) is 21.8 Å². The minimum absolute atomic E-state index is 0.641. The molecule has 0 aromatic carbocycles. The SMILES string of the molecule is Nc1cnc2c(ccn2C2CCCCC2)c1. The highest BCUT2D eigenvalue weighted by Crippen LogP contribution is 2.31. The predicted molar refractivity (Wildman–Crippen MR) is 66.3 cm³/mol. The summed E-state index contributed by atoms with van der Waals surface area (Å²) in [5.41, 5.74) is 7.57. The van der Waals surface area contributed by atoms with Crippen LogP contribution in [0.4, 0.5) is 5.69 Å². The Hall–Kier alpha value is -1.51. The van der Waals surface area contributed by atoms with E-state index in [4.69, 9.17) is 5.73 Å². The Morgan fingerprint density at radius 2 is 2.06 bits per heavy atom. The molecule has 0 spiro atoms. The number of anilines is 1. The van der Waals surface area contributed by atoms with Gasteiger partial charge in [-0.3, -0.25) is 0 Å². The van der Waals surface area contributed by atoms with E-state index in [-0.39, 0.29) is 0 Å². The summed E-state index contributed by atoms with van der Waals surface area (Å²) >= 11 is 0. The fourth-order valence-electron chi connectivity index (χ4n) is 2.72. The molecule has 0 aliphatic heterocycles. The molecule has 0 atom stereocenters. The number of hydrogen-bond donors (Lipinski definition) is 1. The third-order valence-electron chi connectivity index (χ3n) is 3.54. The molecule has 1 aliphatic rings. The molecule has 1 fully saturated rings. The molecule has 0 unspecified atom stereocenters. The van der Waals surface area contributed by atoms with E-state index in [9.17, 15) is 0 Å². The van der Waals surface area contributed by atoms with Gasteiger partial charge in [0.2, 0.25) is 0 Å². The third-order valence-corrected chi connectivity index (χ3v) is 3.54. The van der Waals surface area contributed by atoms with E-state index in [0.717, 1.165) is 16.7 Å². The quantitative estimate of drug-likeness (QED) is 0.794. The number of aromatic nitrogens is 2. The van der Waals surface area contributed by atoms with Crippen LogP contribution in [0.1, 0.15) is 38.1 Å². The minimum atomic E-state index is 0.641. The molecule has 2 aromatic heterocycles.